The minimum absolute atomic E-state index is 0.0464. The first-order chi connectivity index (χ1) is 12.5. The van der Waals surface area contributed by atoms with E-state index in [-0.39, 0.29) is 24.1 Å². The molecule has 0 radical (unpaired) electrons. The van der Waals surface area contributed by atoms with E-state index in [0.717, 1.165) is 9.47 Å². The van der Waals surface area contributed by atoms with Crippen LogP contribution >= 0.6 is 34.7 Å². The summed E-state index contributed by atoms with van der Waals surface area (Å²) in [7, 11) is 1.59. The van der Waals surface area contributed by atoms with Crippen LogP contribution in [0.3, 0.4) is 0 Å². The second-order valence-electron chi connectivity index (χ2n) is 5.86. The van der Waals surface area contributed by atoms with Crippen molar-refractivity contribution in [3.8, 4) is 0 Å². The van der Waals surface area contributed by atoms with Crippen LogP contribution < -0.4 is 10.6 Å². The summed E-state index contributed by atoms with van der Waals surface area (Å²) in [6.07, 6.45) is 2.34. The predicted molar refractivity (Wildman–Crippen MR) is 105 cm³/mol. The van der Waals surface area contributed by atoms with Crippen molar-refractivity contribution in [1.29, 1.82) is 0 Å². The van der Waals surface area contributed by atoms with E-state index in [9.17, 15) is 9.59 Å². The first-order valence-corrected chi connectivity index (χ1v) is 10.2. The maximum atomic E-state index is 12.2. The van der Waals surface area contributed by atoms with Gasteiger partial charge in [0.2, 0.25) is 16.9 Å². The molecule has 1 aliphatic carbocycles. The number of carbonyl (C=O) groups is 2. The average Bonchev–Trinajstić information content (AvgIpc) is 3.31. The number of hydrogen-bond donors (Lipinski definition) is 2. The summed E-state index contributed by atoms with van der Waals surface area (Å²) in [5, 5.41) is 15.3. The molecule has 2 aromatic rings. The van der Waals surface area contributed by atoms with Crippen LogP contribution in [-0.2, 0) is 9.59 Å². The van der Waals surface area contributed by atoms with Gasteiger partial charge in [0.1, 0.15) is 0 Å². The number of benzene rings is 1. The van der Waals surface area contributed by atoms with Gasteiger partial charge in [-0.1, -0.05) is 46.8 Å². The Morgan fingerprint density at radius 1 is 1.35 bits per heavy atom. The van der Waals surface area contributed by atoms with Crippen molar-refractivity contribution in [3.63, 3.8) is 0 Å². The number of rotatable bonds is 8. The van der Waals surface area contributed by atoms with E-state index < -0.39 is 0 Å². The zero-order valence-electron chi connectivity index (χ0n) is 14.1. The first-order valence-electron chi connectivity index (χ1n) is 8.02. The number of aromatic nitrogens is 2. The second kappa shape index (κ2) is 8.70. The molecule has 0 bridgehead atoms. The van der Waals surface area contributed by atoms with E-state index in [4.69, 9.17) is 11.6 Å². The Balaban J connectivity index is 1.42. The Kier molecular flexibility index (Phi) is 6.33. The molecule has 1 aliphatic rings. The maximum absolute atomic E-state index is 12.2. The number of nitrogens with zero attached hydrogens (tertiary/aromatic N) is 3. The minimum atomic E-state index is -0.300. The zero-order chi connectivity index (χ0) is 18.5. The molecule has 1 saturated carbocycles. The predicted octanol–water partition coefficient (Wildman–Crippen LogP) is 2.96. The van der Waals surface area contributed by atoms with E-state index >= 15 is 0 Å². The summed E-state index contributed by atoms with van der Waals surface area (Å²) in [6, 6.07) is 7.48. The molecule has 1 fully saturated rings. The van der Waals surface area contributed by atoms with Crippen LogP contribution in [0.5, 0.6) is 0 Å². The molecule has 1 aromatic heterocycles. The summed E-state index contributed by atoms with van der Waals surface area (Å²) < 4.78 is 0.732. The molecule has 0 saturated heterocycles. The van der Waals surface area contributed by atoms with E-state index in [1.807, 2.05) is 0 Å². The van der Waals surface area contributed by atoms with E-state index in [1.54, 1.807) is 31.3 Å². The van der Waals surface area contributed by atoms with Crippen molar-refractivity contribution in [2.24, 2.45) is 0 Å². The standard InChI is InChI=1S/C16H18ClN5O2S2/c1-22(8-13(23)19-12-5-3-2-4-11(12)17)14(24)9-25-16-21-20-15(26-16)18-10-6-7-10/h2-5,10H,6-9H2,1H3,(H,18,20)(H,19,23). The number of nitrogens with one attached hydrogen (secondary N) is 2. The Labute approximate surface area is 164 Å². The number of carbonyl (C=O) groups excluding carboxylic acids is 2. The Morgan fingerprint density at radius 2 is 2.12 bits per heavy atom. The van der Waals surface area contributed by atoms with Crippen molar-refractivity contribution >= 4 is 57.3 Å². The summed E-state index contributed by atoms with van der Waals surface area (Å²) in [4.78, 5) is 25.7. The monoisotopic (exact) mass is 411 g/mol. The van der Waals surface area contributed by atoms with Gasteiger partial charge >= 0.3 is 0 Å². The molecule has 7 nitrogen and oxygen atoms in total. The highest BCUT2D eigenvalue weighted by Gasteiger charge is 2.22. The lowest BCUT2D eigenvalue weighted by molar-refractivity contribution is -0.131. The summed E-state index contributed by atoms with van der Waals surface area (Å²) in [5.41, 5.74) is 0.527. The third kappa shape index (κ3) is 5.58. The topological polar surface area (TPSA) is 87.2 Å². The first kappa shape index (κ1) is 18.9. The Hall–Kier alpha value is -1.84. The van der Waals surface area contributed by atoms with E-state index in [2.05, 4.69) is 20.8 Å². The van der Waals surface area contributed by atoms with Gasteiger partial charge in [0.25, 0.3) is 0 Å². The third-order valence-electron chi connectivity index (χ3n) is 3.59. The molecule has 2 N–H and O–H groups in total. The Bertz CT molecular complexity index is 796. The van der Waals surface area contributed by atoms with Crippen LogP contribution in [0.15, 0.2) is 28.6 Å². The zero-order valence-corrected chi connectivity index (χ0v) is 16.5. The molecule has 0 spiro atoms. The maximum Gasteiger partial charge on any atom is 0.244 e. The lowest BCUT2D eigenvalue weighted by atomic mass is 10.3. The van der Waals surface area contributed by atoms with Gasteiger partial charge in [-0.15, -0.1) is 10.2 Å². The van der Waals surface area contributed by atoms with Gasteiger partial charge in [0.15, 0.2) is 4.34 Å². The largest absolute Gasteiger partial charge is 0.357 e. The summed E-state index contributed by atoms with van der Waals surface area (Å²) in [6.45, 7) is -0.0464. The molecule has 1 heterocycles. The number of anilines is 2. The highest BCUT2D eigenvalue weighted by Crippen LogP contribution is 2.30. The van der Waals surface area contributed by atoms with Crippen LogP contribution in [0.4, 0.5) is 10.8 Å². The van der Waals surface area contributed by atoms with Gasteiger partial charge in [0, 0.05) is 13.1 Å². The molecule has 0 aliphatic heterocycles. The minimum Gasteiger partial charge on any atom is -0.357 e. The van der Waals surface area contributed by atoms with Crippen molar-refractivity contribution in [2.45, 2.75) is 23.2 Å². The molecule has 0 atom stereocenters. The smallest absolute Gasteiger partial charge is 0.244 e. The Morgan fingerprint density at radius 3 is 2.85 bits per heavy atom. The highest BCUT2D eigenvalue weighted by atomic mass is 35.5. The lowest BCUT2D eigenvalue weighted by Crippen LogP contribution is -2.36. The van der Waals surface area contributed by atoms with Gasteiger partial charge in [0.05, 0.1) is 23.0 Å². The van der Waals surface area contributed by atoms with Crippen molar-refractivity contribution in [2.75, 3.05) is 30.0 Å². The van der Waals surface area contributed by atoms with Gasteiger partial charge < -0.3 is 15.5 Å². The van der Waals surface area contributed by atoms with Crippen molar-refractivity contribution in [3.05, 3.63) is 29.3 Å². The van der Waals surface area contributed by atoms with Crippen LogP contribution in [-0.4, -0.2) is 52.3 Å². The molecule has 1 aromatic carbocycles. The molecule has 138 valence electrons. The fourth-order valence-electron chi connectivity index (χ4n) is 2.02. The summed E-state index contributed by atoms with van der Waals surface area (Å²) >= 11 is 8.76. The third-order valence-corrected chi connectivity index (χ3v) is 5.89. The van der Waals surface area contributed by atoms with Crippen LogP contribution in [0.1, 0.15) is 12.8 Å². The molecule has 26 heavy (non-hydrogen) atoms. The number of likely N-dealkylation sites (N-methyl/N-ethyl adjacent to an activating group) is 1. The van der Waals surface area contributed by atoms with Gasteiger partial charge in [-0.3, -0.25) is 9.59 Å². The number of thioether (sulfide) groups is 1. The number of amides is 2. The van der Waals surface area contributed by atoms with Crippen LogP contribution in [0.2, 0.25) is 5.02 Å². The number of hydrogen-bond acceptors (Lipinski definition) is 7. The fraction of sp³-hybridized carbons (Fsp3) is 0.375. The summed E-state index contributed by atoms with van der Waals surface area (Å²) in [5.74, 6) is -0.254. The SMILES string of the molecule is CN(CC(=O)Nc1ccccc1Cl)C(=O)CSc1nnc(NC2CC2)s1. The second-order valence-corrected chi connectivity index (χ2v) is 8.47. The molecule has 10 heteroatoms. The normalized spacial score (nSPS) is 13.3. The molecule has 2 amide bonds. The molecule has 3 rings (SSSR count). The van der Waals surface area contributed by atoms with Crippen LogP contribution in [0, 0.1) is 0 Å². The van der Waals surface area contributed by atoms with Crippen molar-refractivity contribution in [1.82, 2.24) is 15.1 Å². The van der Waals surface area contributed by atoms with Gasteiger partial charge in [-0.25, -0.2) is 0 Å². The quantitative estimate of drug-likeness (QED) is 0.649. The number of halogens is 1. The van der Waals surface area contributed by atoms with Crippen LogP contribution in [0.25, 0.3) is 0 Å². The average molecular weight is 412 g/mol. The van der Waals surface area contributed by atoms with E-state index in [0.29, 0.717) is 16.8 Å². The fourth-order valence-corrected chi connectivity index (χ4v) is 3.97. The molecular formula is C16H18ClN5O2S2. The molecule has 0 unspecified atom stereocenters. The van der Waals surface area contributed by atoms with Gasteiger partial charge in [-0.05, 0) is 25.0 Å². The van der Waals surface area contributed by atoms with Crippen molar-refractivity contribution < 1.29 is 9.59 Å². The highest BCUT2D eigenvalue weighted by molar-refractivity contribution is 8.01. The lowest BCUT2D eigenvalue weighted by Gasteiger charge is -2.16. The van der Waals surface area contributed by atoms with E-state index in [1.165, 1.54) is 40.8 Å². The molecular weight excluding hydrogens is 394 g/mol. The van der Waals surface area contributed by atoms with Gasteiger partial charge in [-0.2, -0.15) is 0 Å². The number of para-hydroxylation sites is 1.